The highest BCUT2D eigenvalue weighted by Gasteiger charge is 2.49. The largest absolute Gasteiger partial charge is 0.456 e. The zero-order valence-electron chi connectivity index (χ0n) is 33.4. The van der Waals surface area contributed by atoms with E-state index in [2.05, 4.69) is 213 Å². The van der Waals surface area contributed by atoms with E-state index in [0.29, 0.717) is 0 Å². The van der Waals surface area contributed by atoms with Crippen LogP contribution in [0.15, 0.2) is 205 Å². The second kappa shape index (κ2) is 12.1. The third-order valence-electron chi connectivity index (χ3n) is 13.9. The number of para-hydroxylation sites is 1. The Balaban J connectivity index is 1.08. The molecule has 0 saturated carbocycles. The van der Waals surface area contributed by atoms with Crippen LogP contribution < -0.4 is 4.90 Å². The number of rotatable bonds is 3. The lowest BCUT2D eigenvalue weighted by Gasteiger charge is -2.35. The Kier molecular flexibility index (Phi) is 6.74. The van der Waals surface area contributed by atoms with Gasteiger partial charge in [-0.2, -0.15) is 0 Å². The average molecular weight is 766 g/mol. The zero-order valence-corrected chi connectivity index (χ0v) is 33.4. The Morgan fingerprint density at radius 2 is 0.750 bits per heavy atom. The summed E-state index contributed by atoms with van der Waals surface area (Å²) in [7, 11) is 0. The van der Waals surface area contributed by atoms with Gasteiger partial charge >= 0.3 is 0 Å². The minimum Gasteiger partial charge on any atom is -0.456 e. The van der Waals surface area contributed by atoms with Gasteiger partial charge < -0.3 is 9.32 Å². The number of anilines is 3. The van der Waals surface area contributed by atoms with E-state index in [4.69, 9.17) is 4.42 Å². The molecule has 0 saturated heterocycles. The lowest BCUT2D eigenvalue weighted by atomic mass is 9.66. The summed E-state index contributed by atoms with van der Waals surface area (Å²) < 4.78 is 6.54. The highest BCUT2D eigenvalue weighted by atomic mass is 16.3. The first kappa shape index (κ1) is 33.5. The Labute approximate surface area is 349 Å². The van der Waals surface area contributed by atoms with E-state index >= 15 is 0 Å². The molecule has 13 rings (SSSR count). The lowest BCUT2D eigenvalue weighted by Crippen LogP contribution is -2.29. The summed E-state index contributed by atoms with van der Waals surface area (Å²) in [4.78, 5) is 2.44. The highest BCUT2D eigenvalue weighted by Crippen LogP contribution is 2.62. The maximum Gasteiger partial charge on any atom is 0.137 e. The number of hydrogen-bond acceptors (Lipinski definition) is 2. The predicted molar refractivity (Wildman–Crippen MR) is 248 cm³/mol. The molecule has 3 aliphatic carbocycles. The number of nitrogens with zero attached hydrogens (tertiary/aromatic N) is 1. The van der Waals surface area contributed by atoms with Gasteiger partial charge in [-0.3, -0.25) is 0 Å². The molecule has 1 spiro atoms. The van der Waals surface area contributed by atoms with Crippen LogP contribution in [0.4, 0.5) is 17.1 Å². The van der Waals surface area contributed by atoms with Crippen LogP contribution in [-0.4, -0.2) is 0 Å². The van der Waals surface area contributed by atoms with E-state index in [0.717, 1.165) is 39.0 Å². The molecule has 1 heterocycles. The van der Waals surface area contributed by atoms with E-state index in [1.54, 1.807) is 0 Å². The summed E-state index contributed by atoms with van der Waals surface area (Å²) in [6, 6.07) is 74.5. The first-order chi connectivity index (χ1) is 29.5. The fourth-order valence-electron chi connectivity index (χ4n) is 11.3. The van der Waals surface area contributed by atoms with Crippen molar-refractivity contribution in [2.45, 2.75) is 24.7 Å². The van der Waals surface area contributed by atoms with Crippen LogP contribution >= 0.6 is 0 Å². The van der Waals surface area contributed by atoms with Crippen LogP contribution in [-0.2, 0) is 10.8 Å². The molecule has 0 fully saturated rings. The summed E-state index contributed by atoms with van der Waals surface area (Å²) in [5.41, 5.74) is 22.6. The molecule has 3 aliphatic rings. The zero-order chi connectivity index (χ0) is 39.7. The van der Waals surface area contributed by atoms with Gasteiger partial charge in [0.15, 0.2) is 0 Å². The van der Waals surface area contributed by atoms with E-state index in [9.17, 15) is 0 Å². The van der Waals surface area contributed by atoms with Gasteiger partial charge in [0.25, 0.3) is 0 Å². The molecular weight excluding hydrogens is 727 g/mol. The van der Waals surface area contributed by atoms with Crippen molar-refractivity contribution in [2.24, 2.45) is 0 Å². The quantitative estimate of drug-likeness (QED) is 0.178. The Bertz CT molecular complexity index is 3370. The maximum atomic E-state index is 6.54. The van der Waals surface area contributed by atoms with Crippen molar-refractivity contribution in [3.05, 3.63) is 234 Å². The first-order valence-corrected chi connectivity index (χ1v) is 21.0. The Morgan fingerprint density at radius 1 is 0.317 bits per heavy atom. The van der Waals surface area contributed by atoms with Gasteiger partial charge in [0, 0.05) is 39.3 Å². The summed E-state index contributed by atoms with van der Waals surface area (Å²) in [6.45, 7) is 4.72. The van der Waals surface area contributed by atoms with Crippen LogP contribution in [0.2, 0.25) is 0 Å². The van der Waals surface area contributed by atoms with Crippen molar-refractivity contribution in [1.82, 2.24) is 0 Å². The van der Waals surface area contributed by atoms with Crippen molar-refractivity contribution in [3.63, 3.8) is 0 Å². The van der Waals surface area contributed by atoms with Gasteiger partial charge in [-0.15, -0.1) is 0 Å². The molecule has 0 atom stereocenters. The van der Waals surface area contributed by atoms with E-state index < -0.39 is 5.41 Å². The number of benzene rings is 9. The van der Waals surface area contributed by atoms with E-state index in [-0.39, 0.29) is 5.41 Å². The van der Waals surface area contributed by atoms with Gasteiger partial charge in [0.05, 0.1) is 5.41 Å². The van der Waals surface area contributed by atoms with Crippen molar-refractivity contribution < 1.29 is 4.42 Å². The molecule has 1 aromatic heterocycles. The molecular formula is C58H39NO. The van der Waals surface area contributed by atoms with Gasteiger partial charge in [0.1, 0.15) is 11.2 Å². The topological polar surface area (TPSA) is 16.4 Å². The second-order valence-corrected chi connectivity index (χ2v) is 17.2. The number of furan rings is 1. The van der Waals surface area contributed by atoms with Gasteiger partial charge in [0.2, 0.25) is 0 Å². The monoisotopic (exact) mass is 765 g/mol. The molecule has 0 amide bonds. The minimum absolute atomic E-state index is 0.141. The fraction of sp³-hybridized carbons (Fsp3) is 0.0690. The van der Waals surface area contributed by atoms with Crippen molar-refractivity contribution in [3.8, 4) is 44.5 Å². The average Bonchev–Trinajstić information content (AvgIpc) is 3.87. The second-order valence-electron chi connectivity index (χ2n) is 17.2. The molecule has 0 N–H and O–H groups in total. The third-order valence-corrected chi connectivity index (χ3v) is 13.9. The summed E-state index contributed by atoms with van der Waals surface area (Å²) >= 11 is 0. The summed E-state index contributed by atoms with van der Waals surface area (Å²) in [6.07, 6.45) is 0. The molecule has 282 valence electrons. The van der Waals surface area contributed by atoms with Gasteiger partial charge in [-0.25, -0.2) is 0 Å². The number of fused-ring (bicyclic) bond motifs is 18. The van der Waals surface area contributed by atoms with Crippen molar-refractivity contribution in [2.75, 3.05) is 4.90 Å². The smallest absolute Gasteiger partial charge is 0.137 e. The molecule has 0 bridgehead atoms. The molecule has 0 radical (unpaired) electrons. The molecule has 0 aliphatic heterocycles. The fourth-order valence-corrected chi connectivity index (χ4v) is 11.3. The maximum absolute atomic E-state index is 6.54. The van der Waals surface area contributed by atoms with E-state index in [1.165, 1.54) is 77.9 Å². The first-order valence-electron chi connectivity index (χ1n) is 21.0. The van der Waals surface area contributed by atoms with Crippen molar-refractivity contribution in [1.29, 1.82) is 0 Å². The number of hydrogen-bond donors (Lipinski definition) is 0. The van der Waals surface area contributed by atoms with E-state index in [1.807, 2.05) is 6.07 Å². The molecule has 0 unspecified atom stereocenters. The SMILES string of the molecule is CC1(C)c2ccccc2-c2ccc(N(c3ccc4c(c3)-c3ccccc3C43c4ccccc4-c4ccccc4-c4ccccc43)c3ccc4c(c3)oc3ccccc34)cc21. The predicted octanol–water partition coefficient (Wildman–Crippen LogP) is 15.4. The van der Waals surface area contributed by atoms with Gasteiger partial charge in [-0.1, -0.05) is 166 Å². The molecule has 2 heteroatoms. The van der Waals surface area contributed by atoms with Crippen LogP contribution in [0.3, 0.4) is 0 Å². The Morgan fingerprint density at radius 3 is 1.42 bits per heavy atom. The molecule has 2 nitrogen and oxygen atoms in total. The van der Waals surface area contributed by atoms with Gasteiger partial charge in [-0.05, 0) is 120 Å². The summed E-state index contributed by atoms with van der Waals surface area (Å²) in [5.74, 6) is 0. The van der Waals surface area contributed by atoms with Crippen molar-refractivity contribution >= 4 is 39.0 Å². The van der Waals surface area contributed by atoms with Crippen LogP contribution in [0.25, 0.3) is 66.4 Å². The molecule has 10 aromatic rings. The Hall–Kier alpha value is -7.42. The highest BCUT2D eigenvalue weighted by molar-refractivity contribution is 6.06. The third kappa shape index (κ3) is 4.32. The molecule has 9 aromatic carbocycles. The minimum atomic E-state index is -0.530. The van der Waals surface area contributed by atoms with Crippen LogP contribution in [0.1, 0.15) is 47.2 Å². The van der Waals surface area contributed by atoms with Crippen LogP contribution in [0, 0.1) is 0 Å². The molecule has 60 heavy (non-hydrogen) atoms. The standard InChI is InChI=1S/C58H39NO/c1-57(2)49-22-10-5-19-43(49)45-30-27-37(34-54(45)57)59(38-28-31-47-46-21-9-14-26-55(46)60-56(47)35-38)36-29-32-53-48(33-36)44-20-8-13-25-52(44)58(53)50-23-11-6-17-41(50)39-15-3-4-16-40(39)42-18-7-12-24-51(42)58/h3-35H,1-2H3. The normalized spacial score (nSPS) is 14.4. The summed E-state index contributed by atoms with van der Waals surface area (Å²) in [5, 5.41) is 2.25. The van der Waals surface area contributed by atoms with Crippen LogP contribution in [0.5, 0.6) is 0 Å². The lowest BCUT2D eigenvalue weighted by molar-refractivity contribution is 0.660.